The van der Waals surface area contributed by atoms with E-state index in [1.165, 1.54) is 20.6 Å². The Kier molecular flexibility index (Phi) is 7.07. The number of carbonyl (C=O) groups excluding carboxylic acids is 2. The van der Waals surface area contributed by atoms with Gasteiger partial charge in [0, 0.05) is 51.8 Å². The molecule has 0 aliphatic heterocycles. The molecule has 0 spiro atoms. The summed E-state index contributed by atoms with van der Waals surface area (Å²) in [6, 6.07) is 19.5. The highest BCUT2D eigenvalue weighted by Gasteiger charge is 2.19. The number of aromatic nitrogens is 4. The number of halogens is 1. The highest BCUT2D eigenvalue weighted by Crippen LogP contribution is 2.27. The molecule has 184 valence electrons. The summed E-state index contributed by atoms with van der Waals surface area (Å²) in [5.74, 6) is 0.164. The van der Waals surface area contributed by atoms with Gasteiger partial charge in [-0.3, -0.25) is 14.6 Å². The number of rotatable bonds is 8. The van der Waals surface area contributed by atoms with Gasteiger partial charge in [-0.25, -0.2) is 0 Å². The fourth-order valence-corrected chi connectivity index (χ4v) is 4.88. The van der Waals surface area contributed by atoms with Gasteiger partial charge < -0.3 is 14.7 Å². The molecule has 0 saturated carbocycles. The largest absolute Gasteiger partial charge is 0.365 e. The van der Waals surface area contributed by atoms with Crippen LogP contribution in [0.5, 0.6) is 0 Å². The smallest absolute Gasteiger partial charge is 0.280 e. The van der Waals surface area contributed by atoms with Gasteiger partial charge in [0.2, 0.25) is 0 Å². The number of thiophene rings is 1. The predicted molar refractivity (Wildman–Crippen MR) is 144 cm³/mol. The molecule has 0 unspecified atom stereocenters. The normalized spacial score (nSPS) is 10.8. The Morgan fingerprint density at radius 3 is 2.59 bits per heavy atom. The third-order valence-electron chi connectivity index (χ3n) is 5.62. The van der Waals surface area contributed by atoms with Gasteiger partial charge in [0.1, 0.15) is 12.1 Å². The first-order valence-corrected chi connectivity index (χ1v) is 12.5. The summed E-state index contributed by atoms with van der Waals surface area (Å²) in [7, 11) is 0. The fourth-order valence-electron chi connectivity index (χ4n) is 3.85. The molecule has 0 amide bonds. The van der Waals surface area contributed by atoms with Crippen molar-refractivity contribution in [3.8, 4) is 22.4 Å². The monoisotopic (exact) mass is 529 g/mol. The Balaban J connectivity index is 1.61. The van der Waals surface area contributed by atoms with Crippen LogP contribution in [-0.4, -0.2) is 31.5 Å². The van der Waals surface area contributed by atoms with Gasteiger partial charge in [0.15, 0.2) is 0 Å². The second-order valence-corrected chi connectivity index (χ2v) is 9.87. The second kappa shape index (κ2) is 10.7. The number of hydrogen-bond acceptors (Lipinski definition) is 7. The highest BCUT2D eigenvalue weighted by atomic mass is 35.5. The summed E-state index contributed by atoms with van der Waals surface area (Å²) in [5.41, 5.74) is 2.17. The minimum Gasteiger partial charge on any atom is -0.365 e. The van der Waals surface area contributed by atoms with E-state index in [-0.39, 0.29) is 18.0 Å². The third kappa shape index (κ3) is 5.28. The molecular formula is C27H20ClN5O3S. The Hall–Kier alpha value is -4.34. The van der Waals surface area contributed by atoms with Crippen molar-refractivity contribution in [3.63, 3.8) is 0 Å². The number of anilines is 1. The molecule has 0 fully saturated rings. The molecule has 10 heteroatoms. The maximum absolute atomic E-state index is 13.4. The van der Waals surface area contributed by atoms with Crippen LogP contribution in [0.25, 0.3) is 22.4 Å². The number of hydrogen-bond donors (Lipinski definition) is 1. The molecule has 0 radical (unpaired) electrons. The van der Waals surface area contributed by atoms with Gasteiger partial charge in [-0.1, -0.05) is 35.9 Å². The van der Waals surface area contributed by atoms with Crippen molar-refractivity contribution in [3.05, 3.63) is 110 Å². The molecule has 4 aromatic heterocycles. The van der Waals surface area contributed by atoms with Crippen LogP contribution in [0, 0.1) is 0 Å². The van der Waals surface area contributed by atoms with Crippen molar-refractivity contribution in [2.75, 3.05) is 5.32 Å². The lowest BCUT2D eigenvalue weighted by molar-refractivity contribution is -0.108. The average molecular weight is 530 g/mol. The van der Waals surface area contributed by atoms with E-state index in [2.05, 4.69) is 15.4 Å². The van der Waals surface area contributed by atoms with Crippen molar-refractivity contribution < 1.29 is 9.59 Å². The SMILES string of the molecule is O=CCn1cc(-c2cc(NCc3ccc(Cl)s3)n(C(=O)c3ccccc3)n2)cc(-c2cccnc2)c1=O. The Labute approximate surface area is 220 Å². The van der Waals surface area contributed by atoms with Crippen LogP contribution in [0.2, 0.25) is 4.34 Å². The summed E-state index contributed by atoms with van der Waals surface area (Å²) in [5, 5.41) is 7.88. The second-order valence-electron chi connectivity index (χ2n) is 8.07. The number of aldehydes is 1. The van der Waals surface area contributed by atoms with Crippen molar-refractivity contribution in [1.29, 1.82) is 0 Å². The zero-order valence-electron chi connectivity index (χ0n) is 19.4. The van der Waals surface area contributed by atoms with Crippen molar-refractivity contribution >= 4 is 40.9 Å². The first kappa shape index (κ1) is 24.4. The van der Waals surface area contributed by atoms with Crippen LogP contribution in [0.1, 0.15) is 15.2 Å². The maximum atomic E-state index is 13.4. The summed E-state index contributed by atoms with van der Waals surface area (Å²) in [6.45, 7) is 0.323. The summed E-state index contributed by atoms with van der Waals surface area (Å²) in [4.78, 5) is 42.8. The van der Waals surface area contributed by atoms with E-state index in [0.29, 0.717) is 50.9 Å². The molecule has 0 atom stereocenters. The lowest BCUT2D eigenvalue weighted by Gasteiger charge is -2.09. The van der Waals surface area contributed by atoms with Gasteiger partial charge in [-0.2, -0.15) is 9.78 Å². The summed E-state index contributed by atoms with van der Waals surface area (Å²) < 4.78 is 3.30. The molecule has 4 heterocycles. The van der Waals surface area contributed by atoms with Crippen LogP contribution in [0.15, 0.2) is 90.1 Å². The minimum atomic E-state index is -0.323. The van der Waals surface area contributed by atoms with Gasteiger partial charge in [0.05, 0.1) is 23.1 Å². The fraction of sp³-hybridized carbons (Fsp3) is 0.0741. The van der Waals surface area contributed by atoms with Crippen LogP contribution >= 0.6 is 22.9 Å². The van der Waals surface area contributed by atoms with Crippen molar-refractivity contribution in [1.82, 2.24) is 19.3 Å². The highest BCUT2D eigenvalue weighted by molar-refractivity contribution is 7.16. The molecule has 8 nitrogen and oxygen atoms in total. The summed E-state index contributed by atoms with van der Waals surface area (Å²) >= 11 is 7.51. The standard InChI is InChI=1S/C27H20ClN5O3S/c28-24-9-8-21(37-24)16-30-25-14-23(31-33(25)26(35)18-5-2-1-3-6-18)20-13-22(19-7-4-10-29-15-19)27(36)32(17-20)11-12-34/h1-10,12-15,17,30H,11,16H2. The zero-order valence-corrected chi connectivity index (χ0v) is 20.9. The van der Waals surface area contributed by atoms with Gasteiger partial charge in [-0.15, -0.1) is 11.3 Å². The third-order valence-corrected chi connectivity index (χ3v) is 6.85. The van der Waals surface area contributed by atoms with Crippen LogP contribution in [0.4, 0.5) is 5.82 Å². The topological polar surface area (TPSA) is 98.9 Å². The maximum Gasteiger partial charge on any atom is 0.280 e. The number of pyridine rings is 2. The predicted octanol–water partition coefficient (Wildman–Crippen LogP) is 4.99. The molecule has 1 N–H and O–H groups in total. The van der Waals surface area contributed by atoms with E-state index in [4.69, 9.17) is 11.6 Å². The molecule has 1 aromatic carbocycles. The van der Waals surface area contributed by atoms with Crippen molar-refractivity contribution in [2.45, 2.75) is 13.1 Å². The molecule has 0 saturated heterocycles. The van der Waals surface area contributed by atoms with E-state index >= 15 is 0 Å². The van der Waals surface area contributed by atoms with Gasteiger partial charge >= 0.3 is 0 Å². The van der Waals surface area contributed by atoms with E-state index < -0.39 is 0 Å². The number of nitrogens with zero attached hydrogens (tertiary/aromatic N) is 4. The zero-order chi connectivity index (χ0) is 25.8. The Bertz CT molecular complexity index is 1630. The quantitative estimate of drug-likeness (QED) is 0.284. The first-order chi connectivity index (χ1) is 18.0. The number of benzene rings is 1. The van der Waals surface area contributed by atoms with Gasteiger partial charge in [0.25, 0.3) is 11.5 Å². The average Bonchev–Trinajstić information content (AvgIpc) is 3.55. The number of carbonyl (C=O) groups is 2. The lowest BCUT2D eigenvalue weighted by atomic mass is 10.1. The molecule has 0 bridgehead atoms. The van der Waals surface area contributed by atoms with E-state index in [1.54, 1.807) is 67.1 Å². The van der Waals surface area contributed by atoms with Crippen LogP contribution < -0.4 is 10.9 Å². The van der Waals surface area contributed by atoms with Gasteiger partial charge in [-0.05, 0) is 36.4 Å². The van der Waals surface area contributed by atoms with E-state index in [0.717, 1.165) is 4.88 Å². The molecule has 0 aliphatic rings. The minimum absolute atomic E-state index is 0.117. The van der Waals surface area contributed by atoms with E-state index in [1.807, 2.05) is 18.2 Å². The van der Waals surface area contributed by atoms with Crippen molar-refractivity contribution in [2.24, 2.45) is 0 Å². The van der Waals surface area contributed by atoms with Crippen LogP contribution in [0.3, 0.4) is 0 Å². The van der Waals surface area contributed by atoms with E-state index in [9.17, 15) is 14.4 Å². The number of nitrogens with one attached hydrogen (secondary N) is 1. The molecular weight excluding hydrogens is 510 g/mol. The molecule has 5 aromatic rings. The molecule has 37 heavy (non-hydrogen) atoms. The summed E-state index contributed by atoms with van der Waals surface area (Å²) in [6.07, 6.45) is 5.43. The molecule has 5 rings (SSSR count). The Morgan fingerprint density at radius 1 is 1.05 bits per heavy atom. The first-order valence-electron chi connectivity index (χ1n) is 11.3. The molecule has 0 aliphatic carbocycles. The Morgan fingerprint density at radius 2 is 1.89 bits per heavy atom. The lowest BCUT2D eigenvalue weighted by Crippen LogP contribution is -2.22. The van der Waals surface area contributed by atoms with Crippen LogP contribution in [-0.2, 0) is 17.9 Å².